The van der Waals surface area contributed by atoms with Gasteiger partial charge in [-0.15, -0.1) is 0 Å². The van der Waals surface area contributed by atoms with Crippen LogP contribution in [0.25, 0.3) is 17.0 Å². The first-order valence-corrected chi connectivity index (χ1v) is 10.6. The van der Waals surface area contributed by atoms with Crippen LogP contribution in [0.4, 0.5) is 4.39 Å². The molecule has 0 spiro atoms. The molecule has 0 aliphatic heterocycles. The molecule has 7 heteroatoms. The predicted octanol–water partition coefficient (Wildman–Crippen LogP) is 4.66. The monoisotopic (exact) mass is 437 g/mol. The van der Waals surface area contributed by atoms with Gasteiger partial charge >= 0.3 is 0 Å². The van der Waals surface area contributed by atoms with Crippen LogP contribution in [0.15, 0.2) is 41.2 Å². The van der Waals surface area contributed by atoms with Crippen LogP contribution in [-0.2, 0) is 11.3 Å². The van der Waals surface area contributed by atoms with Crippen LogP contribution in [0.5, 0.6) is 0 Å². The molecule has 2 aromatic carbocycles. The smallest absolute Gasteiger partial charge is 0.267 e. The summed E-state index contributed by atoms with van der Waals surface area (Å²) in [7, 11) is 0. The van der Waals surface area contributed by atoms with E-state index >= 15 is 0 Å². The summed E-state index contributed by atoms with van der Waals surface area (Å²) < 4.78 is 16.1. The van der Waals surface area contributed by atoms with Crippen molar-refractivity contribution in [3.63, 3.8) is 0 Å². The van der Waals surface area contributed by atoms with Gasteiger partial charge in [0.25, 0.3) is 11.5 Å². The van der Waals surface area contributed by atoms with E-state index in [1.54, 1.807) is 11.5 Å². The zero-order valence-corrected chi connectivity index (χ0v) is 18.9. The van der Waals surface area contributed by atoms with Crippen LogP contribution in [0.1, 0.15) is 67.6 Å². The van der Waals surface area contributed by atoms with Crippen LogP contribution in [0.2, 0.25) is 0 Å². The fourth-order valence-electron chi connectivity index (χ4n) is 3.93. The summed E-state index contributed by atoms with van der Waals surface area (Å²) in [5.74, 6) is -0.336. The first-order chi connectivity index (χ1) is 15.1. The van der Waals surface area contributed by atoms with E-state index in [4.69, 9.17) is 5.21 Å². The summed E-state index contributed by atoms with van der Waals surface area (Å²) in [6.45, 7) is 10.6. The van der Waals surface area contributed by atoms with Gasteiger partial charge in [-0.1, -0.05) is 45.9 Å². The van der Waals surface area contributed by atoms with Crippen molar-refractivity contribution in [2.24, 2.45) is 0 Å². The maximum Gasteiger partial charge on any atom is 0.267 e. The van der Waals surface area contributed by atoms with Crippen molar-refractivity contribution >= 4 is 22.9 Å². The first kappa shape index (κ1) is 23.3. The summed E-state index contributed by atoms with van der Waals surface area (Å²) in [5, 5.41) is 8.88. The number of halogens is 1. The number of benzene rings is 2. The molecule has 168 valence electrons. The van der Waals surface area contributed by atoms with E-state index in [1.807, 2.05) is 6.07 Å². The van der Waals surface area contributed by atoms with Gasteiger partial charge in [0, 0.05) is 17.7 Å². The molecule has 0 fully saturated rings. The third kappa shape index (κ3) is 4.62. The molecule has 6 nitrogen and oxygen atoms in total. The van der Waals surface area contributed by atoms with Crippen molar-refractivity contribution < 1.29 is 14.4 Å². The highest BCUT2D eigenvalue weighted by Crippen LogP contribution is 2.28. The number of nitrogens with one attached hydrogen (secondary N) is 1. The van der Waals surface area contributed by atoms with Gasteiger partial charge < -0.3 is 0 Å². The molecule has 0 aliphatic rings. The Hall–Kier alpha value is -3.32. The average molecular weight is 438 g/mol. The zero-order valence-electron chi connectivity index (χ0n) is 18.9. The second-order valence-electron chi connectivity index (χ2n) is 8.47. The van der Waals surface area contributed by atoms with Crippen LogP contribution < -0.4 is 11.0 Å². The Bertz CT molecular complexity index is 1230. The van der Waals surface area contributed by atoms with Crippen molar-refractivity contribution in [3.05, 3.63) is 80.7 Å². The van der Waals surface area contributed by atoms with Crippen molar-refractivity contribution in [1.29, 1.82) is 0 Å². The predicted molar refractivity (Wildman–Crippen MR) is 123 cm³/mol. The normalized spacial score (nSPS) is 11.8. The van der Waals surface area contributed by atoms with Crippen molar-refractivity contribution in [1.82, 2.24) is 15.0 Å². The fraction of sp³-hybridized carbons (Fsp3) is 0.320. The second kappa shape index (κ2) is 9.44. The minimum atomic E-state index is -0.796. The molecule has 3 rings (SSSR count). The van der Waals surface area contributed by atoms with Crippen LogP contribution in [0, 0.1) is 12.7 Å². The van der Waals surface area contributed by atoms with Crippen LogP contribution >= 0.6 is 0 Å². The topological polar surface area (TPSA) is 84.2 Å². The third-order valence-corrected chi connectivity index (χ3v) is 5.60. The van der Waals surface area contributed by atoms with Crippen molar-refractivity contribution in [3.8, 4) is 0 Å². The van der Waals surface area contributed by atoms with Gasteiger partial charge in [-0.2, -0.15) is 0 Å². The van der Waals surface area contributed by atoms with Crippen LogP contribution in [0.3, 0.4) is 0 Å². The summed E-state index contributed by atoms with van der Waals surface area (Å²) in [6, 6.07) is 8.80. The molecule has 3 aromatic rings. The number of hydrogen-bond acceptors (Lipinski definition) is 4. The highest BCUT2D eigenvalue weighted by molar-refractivity contribution is 5.91. The van der Waals surface area contributed by atoms with Crippen molar-refractivity contribution in [2.75, 3.05) is 0 Å². The Balaban J connectivity index is 2.19. The molecule has 1 amide bonds. The summed E-state index contributed by atoms with van der Waals surface area (Å²) in [4.78, 5) is 29.2. The van der Waals surface area contributed by atoms with E-state index < -0.39 is 11.7 Å². The maximum absolute atomic E-state index is 14.5. The van der Waals surface area contributed by atoms with Gasteiger partial charge in [0.15, 0.2) is 0 Å². The number of hydrogen-bond donors (Lipinski definition) is 2. The first-order valence-electron chi connectivity index (χ1n) is 10.6. The van der Waals surface area contributed by atoms with Gasteiger partial charge in [0.1, 0.15) is 11.6 Å². The van der Waals surface area contributed by atoms with Gasteiger partial charge in [-0.3, -0.25) is 19.4 Å². The molecule has 32 heavy (non-hydrogen) atoms. The van der Waals surface area contributed by atoms with E-state index in [0.29, 0.717) is 12.4 Å². The van der Waals surface area contributed by atoms with Gasteiger partial charge in [0.2, 0.25) is 0 Å². The van der Waals surface area contributed by atoms with E-state index in [-0.39, 0.29) is 33.9 Å². The van der Waals surface area contributed by atoms with E-state index in [9.17, 15) is 14.0 Å². The summed E-state index contributed by atoms with van der Waals surface area (Å²) >= 11 is 0. The SMILES string of the molecule is Cc1nc2cc(F)c(/C=C/C(=O)NO)cc2c(=O)n1Cc1c(C(C)C)cccc1C(C)C. The summed E-state index contributed by atoms with van der Waals surface area (Å²) in [5.41, 5.74) is 4.95. The number of amides is 1. The zero-order chi connectivity index (χ0) is 23.6. The number of carbonyl (C=O) groups is 1. The number of hydroxylamine groups is 1. The molecule has 1 aromatic heterocycles. The van der Waals surface area contributed by atoms with E-state index in [2.05, 4.69) is 44.8 Å². The molecule has 0 saturated carbocycles. The van der Waals surface area contributed by atoms with E-state index in [1.165, 1.54) is 34.8 Å². The molecule has 0 radical (unpaired) electrons. The number of aromatic nitrogens is 2. The second-order valence-corrected chi connectivity index (χ2v) is 8.47. The Labute approximate surface area is 186 Å². The van der Waals surface area contributed by atoms with Gasteiger partial charge in [-0.25, -0.2) is 14.9 Å². The molecule has 0 atom stereocenters. The quantitative estimate of drug-likeness (QED) is 0.334. The highest BCUT2D eigenvalue weighted by atomic mass is 19.1. The van der Waals surface area contributed by atoms with Crippen molar-refractivity contribution in [2.45, 2.75) is 53.0 Å². The Morgan fingerprint density at radius 3 is 2.38 bits per heavy atom. The maximum atomic E-state index is 14.5. The third-order valence-electron chi connectivity index (χ3n) is 5.60. The molecule has 2 N–H and O–H groups in total. The Morgan fingerprint density at radius 1 is 1.19 bits per heavy atom. The molecule has 0 unspecified atom stereocenters. The average Bonchev–Trinajstić information content (AvgIpc) is 2.74. The summed E-state index contributed by atoms with van der Waals surface area (Å²) in [6.07, 6.45) is 2.19. The number of rotatable bonds is 6. The fourth-order valence-corrected chi connectivity index (χ4v) is 3.93. The number of nitrogens with zero attached hydrogens (tertiary/aromatic N) is 2. The van der Waals surface area contributed by atoms with E-state index in [0.717, 1.165) is 11.6 Å². The minimum Gasteiger partial charge on any atom is -0.292 e. The molecule has 0 bridgehead atoms. The molecule has 0 aliphatic carbocycles. The lowest BCUT2D eigenvalue weighted by Crippen LogP contribution is -2.26. The molecule has 1 heterocycles. The van der Waals surface area contributed by atoms with Gasteiger partial charge in [-0.05, 0) is 47.6 Å². The number of fused-ring (bicyclic) bond motifs is 1. The molecule has 0 saturated heterocycles. The lowest BCUT2D eigenvalue weighted by molar-refractivity contribution is -0.124. The van der Waals surface area contributed by atoms with Gasteiger partial charge in [0.05, 0.1) is 17.4 Å². The minimum absolute atomic E-state index is 0.0563. The Kier molecular flexibility index (Phi) is 6.89. The lowest BCUT2D eigenvalue weighted by Gasteiger charge is -2.21. The lowest BCUT2D eigenvalue weighted by atomic mass is 9.88. The number of carbonyl (C=O) groups excluding carboxylic acids is 1. The largest absolute Gasteiger partial charge is 0.292 e. The highest BCUT2D eigenvalue weighted by Gasteiger charge is 2.17. The van der Waals surface area contributed by atoms with Crippen LogP contribution in [-0.4, -0.2) is 20.7 Å². The Morgan fingerprint density at radius 2 is 1.81 bits per heavy atom. The molecular weight excluding hydrogens is 409 g/mol. The molecular formula is C25H28FN3O3. The number of aryl methyl sites for hydroxylation is 1. The standard InChI is InChI=1S/C25H28FN3O3/c1-14(2)18-7-6-8-19(15(3)4)21(18)13-29-16(5)27-23-12-22(26)17(9-10-24(30)28-32)11-20(23)25(29)31/h6-12,14-15,32H,13H2,1-5H3,(H,28,30)/b10-9+.